The molecule has 0 aliphatic carbocycles. The van der Waals surface area contributed by atoms with Crippen molar-refractivity contribution in [2.45, 2.75) is 13.0 Å². The number of aliphatic carboxylic acids is 1. The highest BCUT2D eigenvalue weighted by molar-refractivity contribution is 9.10. The van der Waals surface area contributed by atoms with Crippen molar-refractivity contribution in [3.8, 4) is 5.75 Å². The van der Waals surface area contributed by atoms with Gasteiger partial charge in [0.05, 0.1) is 4.47 Å². The van der Waals surface area contributed by atoms with Crippen LogP contribution in [0.4, 0.5) is 4.39 Å². The lowest BCUT2D eigenvalue weighted by atomic mass is 10.3. The second-order valence-corrected chi connectivity index (χ2v) is 4.02. The SMILES string of the molecule is CCOC(COc1cc(F)ccc1Br)C(=O)O. The van der Waals surface area contributed by atoms with Gasteiger partial charge in [-0.3, -0.25) is 0 Å². The third-order valence-corrected chi connectivity index (χ3v) is 2.58. The van der Waals surface area contributed by atoms with Gasteiger partial charge in [0.1, 0.15) is 18.2 Å². The van der Waals surface area contributed by atoms with Gasteiger partial charge in [-0.1, -0.05) is 0 Å². The number of ether oxygens (including phenoxy) is 2. The Bertz CT molecular complexity index is 397. The van der Waals surface area contributed by atoms with Gasteiger partial charge in [-0.05, 0) is 35.0 Å². The van der Waals surface area contributed by atoms with Crippen LogP contribution in [0.25, 0.3) is 0 Å². The number of carbonyl (C=O) groups is 1. The molecule has 1 N–H and O–H groups in total. The van der Waals surface area contributed by atoms with Gasteiger partial charge >= 0.3 is 5.97 Å². The highest BCUT2D eigenvalue weighted by atomic mass is 79.9. The summed E-state index contributed by atoms with van der Waals surface area (Å²) in [5, 5.41) is 8.82. The second kappa shape index (κ2) is 6.56. The van der Waals surface area contributed by atoms with E-state index in [1.54, 1.807) is 6.92 Å². The molecule has 6 heteroatoms. The quantitative estimate of drug-likeness (QED) is 0.877. The zero-order chi connectivity index (χ0) is 12.8. The van der Waals surface area contributed by atoms with Crippen LogP contribution in [0.5, 0.6) is 5.75 Å². The van der Waals surface area contributed by atoms with E-state index >= 15 is 0 Å². The molecule has 17 heavy (non-hydrogen) atoms. The van der Waals surface area contributed by atoms with Crippen molar-refractivity contribution in [2.24, 2.45) is 0 Å². The molecule has 0 spiro atoms. The average Bonchev–Trinajstić information content (AvgIpc) is 2.28. The molecule has 94 valence electrons. The molecule has 0 saturated heterocycles. The van der Waals surface area contributed by atoms with Gasteiger partial charge in [-0.2, -0.15) is 0 Å². The van der Waals surface area contributed by atoms with Crippen LogP contribution >= 0.6 is 15.9 Å². The number of rotatable bonds is 6. The Morgan fingerprint density at radius 2 is 2.29 bits per heavy atom. The van der Waals surface area contributed by atoms with Gasteiger partial charge in [0.2, 0.25) is 0 Å². The second-order valence-electron chi connectivity index (χ2n) is 3.17. The van der Waals surface area contributed by atoms with Gasteiger partial charge in [0, 0.05) is 12.7 Å². The maximum Gasteiger partial charge on any atom is 0.336 e. The van der Waals surface area contributed by atoms with E-state index in [4.69, 9.17) is 14.6 Å². The number of hydrogen-bond donors (Lipinski definition) is 1. The molecule has 0 radical (unpaired) electrons. The van der Waals surface area contributed by atoms with Crippen molar-refractivity contribution in [1.82, 2.24) is 0 Å². The van der Waals surface area contributed by atoms with Gasteiger partial charge in [-0.15, -0.1) is 0 Å². The topological polar surface area (TPSA) is 55.8 Å². The van der Waals surface area contributed by atoms with Crippen LogP contribution in [0.15, 0.2) is 22.7 Å². The van der Waals surface area contributed by atoms with E-state index in [0.717, 1.165) is 0 Å². The summed E-state index contributed by atoms with van der Waals surface area (Å²) in [5.74, 6) is -1.32. The molecule has 1 unspecified atom stereocenters. The third-order valence-electron chi connectivity index (χ3n) is 1.93. The van der Waals surface area contributed by atoms with E-state index in [0.29, 0.717) is 4.47 Å². The van der Waals surface area contributed by atoms with Crippen LogP contribution in [0, 0.1) is 5.82 Å². The third kappa shape index (κ3) is 4.32. The van der Waals surface area contributed by atoms with Crippen LogP contribution in [-0.4, -0.2) is 30.4 Å². The lowest BCUT2D eigenvalue weighted by Gasteiger charge is -2.14. The Morgan fingerprint density at radius 3 is 2.88 bits per heavy atom. The molecule has 1 atom stereocenters. The maximum atomic E-state index is 12.9. The number of hydrogen-bond acceptors (Lipinski definition) is 3. The van der Waals surface area contributed by atoms with Crippen molar-refractivity contribution in [1.29, 1.82) is 0 Å². The highest BCUT2D eigenvalue weighted by Crippen LogP contribution is 2.25. The van der Waals surface area contributed by atoms with E-state index in [-0.39, 0.29) is 19.0 Å². The van der Waals surface area contributed by atoms with Gasteiger partial charge in [-0.25, -0.2) is 9.18 Å². The normalized spacial score (nSPS) is 12.2. The number of carboxylic acids is 1. The molecule has 0 amide bonds. The predicted octanol–water partition coefficient (Wildman–Crippen LogP) is 2.46. The molecule has 0 bridgehead atoms. The molecule has 4 nitrogen and oxygen atoms in total. The van der Waals surface area contributed by atoms with Crippen LogP contribution in [0.2, 0.25) is 0 Å². The smallest absolute Gasteiger partial charge is 0.336 e. The zero-order valence-electron chi connectivity index (χ0n) is 9.15. The minimum absolute atomic E-state index is 0.175. The Hall–Kier alpha value is -1.14. The minimum atomic E-state index is -1.11. The van der Waals surface area contributed by atoms with Crippen molar-refractivity contribution >= 4 is 21.9 Å². The van der Waals surface area contributed by atoms with E-state index in [2.05, 4.69) is 15.9 Å². The summed E-state index contributed by atoms with van der Waals surface area (Å²) in [6, 6.07) is 3.93. The monoisotopic (exact) mass is 306 g/mol. The van der Waals surface area contributed by atoms with Crippen molar-refractivity contribution < 1.29 is 23.8 Å². The Kier molecular flexibility index (Phi) is 5.37. The van der Waals surface area contributed by atoms with Gasteiger partial charge in [0.15, 0.2) is 6.10 Å². The Labute approximate surface area is 106 Å². The molecule has 0 fully saturated rings. The van der Waals surface area contributed by atoms with Crippen LogP contribution in [0.1, 0.15) is 6.92 Å². The fourth-order valence-corrected chi connectivity index (χ4v) is 1.51. The van der Waals surface area contributed by atoms with E-state index in [9.17, 15) is 9.18 Å². The Balaban J connectivity index is 2.64. The van der Waals surface area contributed by atoms with Gasteiger partial charge in [0.25, 0.3) is 0 Å². The van der Waals surface area contributed by atoms with Crippen molar-refractivity contribution in [3.05, 3.63) is 28.5 Å². The Morgan fingerprint density at radius 1 is 1.59 bits per heavy atom. The first-order chi connectivity index (χ1) is 8.04. The molecular weight excluding hydrogens is 295 g/mol. The summed E-state index contributed by atoms with van der Waals surface area (Å²) < 4.78 is 23.6. The molecule has 1 aromatic carbocycles. The first-order valence-electron chi connectivity index (χ1n) is 4.96. The molecule has 1 aromatic rings. The summed E-state index contributed by atoms with van der Waals surface area (Å²) in [6.07, 6.45) is -1.06. The molecule has 0 aromatic heterocycles. The molecule has 0 aliphatic heterocycles. The summed E-state index contributed by atoms with van der Waals surface area (Å²) in [5.41, 5.74) is 0. The predicted molar refractivity (Wildman–Crippen MR) is 62.6 cm³/mol. The highest BCUT2D eigenvalue weighted by Gasteiger charge is 2.18. The van der Waals surface area contributed by atoms with Crippen molar-refractivity contribution in [2.75, 3.05) is 13.2 Å². The van der Waals surface area contributed by atoms with E-state index < -0.39 is 17.9 Å². The average molecular weight is 307 g/mol. The number of halogens is 2. The molecule has 1 rings (SSSR count). The molecule has 0 aliphatic rings. The standard InChI is InChI=1S/C11H12BrFO4/c1-2-16-10(11(14)15)6-17-9-5-7(13)3-4-8(9)12/h3-5,10H,2,6H2,1H3,(H,14,15). The number of carboxylic acid groups (broad SMARTS) is 1. The van der Waals surface area contributed by atoms with Crippen LogP contribution in [-0.2, 0) is 9.53 Å². The van der Waals surface area contributed by atoms with E-state index in [1.165, 1.54) is 18.2 Å². The molecule has 0 heterocycles. The number of benzene rings is 1. The minimum Gasteiger partial charge on any atom is -0.489 e. The lowest BCUT2D eigenvalue weighted by molar-refractivity contribution is -0.152. The first kappa shape index (κ1) is 13.9. The summed E-state index contributed by atoms with van der Waals surface area (Å²) in [7, 11) is 0. The van der Waals surface area contributed by atoms with Crippen molar-refractivity contribution in [3.63, 3.8) is 0 Å². The fourth-order valence-electron chi connectivity index (χ4n) is 1.15. The molecular formula is C11H12BrFO4. The summed E-state index contributed by atoms with van der Waals surface area (Å²) in [6.45, 7) is 1.78. The zero-order valence-corrected chi connectivity index (χ0v) is 10.7. The summed E-state index contributed by atoms with van der Waals surface area (Å²) in [4.78, 5) is 10.8. The first-order valence-corrected chi connectivity index (χ1v) is 5.76. The fraction of sp³-hybridized carbons (Fsp3) is 0.364. The van der Waals surface area contributed by atoms with Crippen LogP contribution in [0.3, 0.4) is 0 Å². The maximum absolute atomic E-state index is 12.9. The summed E-state index contributed by atoms with van der Waals surface area (Å²) >= 11 is 3.18. The largest absolute Gasteiger partial charge is 0.489 e. The lowest BCUT2D eigenvalue weighted by Crippen LogP contribution is -2.30. The van der Waals surface area contributed by atoms with Crippen LogP contribution < -0.4 is 4.74 Å². The molecule has 0 saturated carbocycles. The van der Waals surface area contributed by atoms with Gasteiger partial charge < -0.3 is 14.6 Å². The van der Waals surface area contributed by atoms with E-state index in [1.807, 2.05) is 0 Å².